The van der Waals surface area contributed by atoms with E-state index in [1.807, 2.05) is 4.90 Å². The van der Waals surface area contributed by atoms with Gasteiger partial charge in [0.15, 0.2) is 0 Å². The van der Waals surface area contributed by atoms with Crippen LogP contribution in [0.25, 0.3) is 0 Å². The summed E-state index contributed by atoms with van der Waals surface area (Å²) in [6.45, 7) is 4.22. The lowest BCUT2D eigenvalue weighted by molar-refractivity contribution is 0.0466. The van der Waals surface area contributed by atoms with Crippen LogP contribution in [0, 0.1) is 0 Å². The predicted molar refractivity (Wildman–Crippen MR) is 70.0 cm³/mol. The number of nitrogen functional groups attached to an aromatic ring is 1. The van der Waals surface area contributed by atoms with Crippen molar-refractivity contribution in [1.82, 2.24) is 14.9 Å². The largest absolute Gasteiger partial charge is 0.382 e. The Labute approximate surface area is 107 Å². The van der Waals surface area contributed by atoms with Crippen LogP contribution in [0.1, 0.15) is 50.0 Å². The van der Waals surface area contributed by atoms with Crippen molar-refractivity contribution in [3.63, 3.8) is 0 Å². The Hall–Kier alpha value is -1.65. The number of likely N-dealkylation sites (tertiary alicyclic amines) is 1. The molecule has 1 saturated heterocycles. The number of hydrogen-bond donors (Lipinski definition) is 1. The summed E-state index contributed by atoms with van der Waals surface area (Å²) in [5, 5.41) is 0. The van der Waals surface area contributed by atoms with Gasteiger partial charge in [-0.15, -0.1) is 0 Å². The van der Waals surface area contributed by atoms with E-state index in [0.717, 1.165) is 19.3 Å². The van der Waals surface area contributed by atoms with E-state index in [-0.39, 0.29) is 11.9 Å². The Morgan fingerprint density at radius 2 is 2.22 bits per heavy atom. The molecule has 1 aromatic heterocycles. The minimum Gasteiger partial charge on any atom is -0.382 e. The molecule has 2 heterocycles. The molecule has 2 rings (SSSR count). The number of rotatable bonds is 2. The Kier molecular flexibility index (Phi) is 3.79. The van der Waals surface area contributed by atoms with Crippen molar-refractivity contribution >= 4 is 11.7 Å². The molecular weight excluding hydrogens is 228 g/mol. The van der Waals surface area contributed by atoms with Gasteiger partial charge in [-0.1, -0.05) is 6.92 Å². The van der Waals surface area contributed by atoms with Crippen LogP contribution in [-0.4, -0.2) is 32.9 Å². The molecule has 0 spiro atoms. The van der Waals surface area contributed by atoms with Crippen LogP contribution in [0.5, 0.6) is 0 Å². The molecule has 18 heavy (non-hydrogen) atoms. The van der Waals surface area contributed by atoms with Crippen molar-refractivity contribution in [3.05, 3.63) is 18.1 Å². The second-order valence-electron chi connectivity index (χ2n) is 4.88. The van der Waals surface area contributed by atoms with Gasteiger partial charge < -0.3 is 10.6 Å². The van der Waals surface area contributed by atoms with Gasteiger partial charge in [0.1, 0.15) is 11.5 Å². The van der Waals surface area contributed by atoms with Gasteiger partial charge >= 0.3 is 0 Å². The summed E-state index contributed by atoms with van der Waals surface area (Å²) in [6, 6.07) is 0.594. The van der Waals surface area contributed by atoms with E-state index in [1.54, 1.807) is 0 Å². The average molecular weight is 248 g/mol. The van der Waals surface area contributed by atoms with Crippen molar-refractivity contribution in [2.75, 3.05) is 5.73 Å². The number of anilines is 1. The number of carbonyl (C=O) groups excluding carboxylic acids is 1. The highest BCUT2D eigenvalue weighted by molar-refractivity contribution is 5.92. The highest BCUT2D eigenvalue weighted by Crippen LogP contribution is 2.26. The highest BCUT2D eigenvalue weighted by Gasteiger charge is 2.31. The van der Waals surface area contributed by atoms with E-state index in [0.29, 0.717) is 17.6 Å². The molecule has 1 aliphatic heterocycles. The fourth-order valence-corrected chi connectivity index (χ4v) is 2.63. The topological polar surface area (TPSA) is 72.1 Å². The molecule has 5 nitrogen and oxygen atoms in total. The quantitative estimate of drug-likeness (QED) is 0.867. The van der Waals surface area contributed by atoms with E-state index < -0.39 is 0 Å². The van der Waals surface area contributed by atoms with Gasteiger partial charge in [0, 0.05) is 12.1 Å². The maximum Gasteiger partial charge on any atom is 0.274 e. The Bertz CT molecular complexity index is 418. The van der Waals surface area contributed by atoms with E-state index in [9.17, 15) is 4.79 Å². The number of nitrogens with two attached hydrogens (primary N) is 1. The first-order valence-electron chi connectivity index (χ1n) is 6.53. The zero-order chi connectivity index (χ0) is 13.1. The van der Waals surface area contributed by atoms with Gasteiger partial charge in [0.05, 0.1) is 12.4 Å². The first kappa shape index (κ1) is 12.8. The highest BCUT2D eigenvalue weighted by atomic mass is 16.2. The third-order valence-corrected chi connectivity index (χ3v) is 3.62. The van der Waals surface area contributed by atoms with Gasteiger partial charge in [-0.25, -0.2) is 9.97 Å². The smallest absolute Gasteiger partial charge is 0.274 e. The molecule has 1 aliphatic rings. The second kappa shape index (κ2) is 5.33. The molecular formula is C13H20N4O. The number of carbonyl (C=O) groups is 1. The maximum atomic E-state index is 12.5. The molecule has 0 aromatic carbocycles. The van der Waals surface area contributed by atoms with Crippen LogP contribution >= 0.6 is 0 Å². The minimum absolute atomic E-state index is 0.0263. The second-order valence-corrected chi connectivity index (χ2v) is 4.88. The minimum atomic E-state index is -0.0263. The van der Waals surface area contributed by atoms with Crippen molar-refractivity contribution < 1.29 is 4.79 Å². The number of hydrogen-bond acceptors (Lipinski definition) is 4. The molecule has 0 saturated carbocycles. The summed E-state index contributed by atoms with van der Waals surface area (Å²) in [6.07, 6.45) is 7.21. The lowest BCUT2D eigenvalue weighted by Crippen LogP contribution is -2.48. The van der Waals surface area contributed by atoms with Crippen LogP contribution < -0.4 is 5.73 Å². The van der Waals surface area contributed by atoms with E-state index in [4.69, 9.17) is 5.73 Å². The average Bonchev–Trinajstić information content (AvgIpc) is 2.38. The molecule has 0 bridgehead atoms. The van der Waals surface area contributed by atoms with Gasteiger partial charge in [-0.05, 0) is 32.6 Å². The first-order valence-corrected chi connectivity index (χ1v) is 6.53. The molecule has 1 amide bonds. The van der Waals surface area contributed by atoms with E-state index >= 15 is 0 Å². The number of nitrogens with zero attached hydrogens (tertiary/aromatic N) is 3. The van der Waals surface area contributed by atoms with Crippen LogP contribution in [0.4, 0.5) is 5.82 Å². The van der Waals surface area contributed by atoms with Crippen LogP contribution in [0.15, 0.2) is 12.4 Å². The summed E-state index contributed by atoms with van der Waals surface area (Å²) < 4.78 is 0. The summed E-state index contributed by atoms with van der Waals surface area (Å²) in [5.74, 6) is 0.312. The molecule has 98 valence electrons. The predicted octanol–water partition coefficient (Wildman–Crippen LogP) is 1.85. The summed E-state index contributed by atoms with van der Waals surface area (Å²) >= 11 is 0. The van der Waals surface area contributed by atoms with Gasteiger partial charge in [0.25, 0.3) is 5.91 Å². The molecule has 5 heteroatoms. The van der Waals surface area contributed by atoms with E-state index in [2.05, 4.69) is 23.8 Å². The molecule has 0 unspecified atom stereocenters. The Morgan fingerprint density at radius 3 is 2.83 bits per heavy atom. The fourth-order valence-electron chi connectivity index (χ4n) is 2.63. The molecule has 2 N–H and O–H groups in total. The standard InChI is InChI=1S/C13H20N4O/c1-3-10-6-4-5-9(2)17(10)13(18)11-7-16-12(14)8-15-11/h7-10H,3-6H2,1-2H3,(H2,14,16)/t9-,10+/m0/s1. The van der Waals surface area contributed by atoms with E-state index in [1.165, 1.54) is 18.8 Å². The van der Waals surface area contributed by atoms with Crippen molar-refractivity contribution in [2.24, 2.45) is 0 Å². The van der Waals surface area contributed by atoms with Crippen LogP contribution in [0.2, 0.25) is 0 Å². The molecule has 2 atom stereocenters. The first-order chi connectivity index (χ1) is 8.63. The Balaban J connectivity index is 2.22. The molecule has 0 aliphatic carbocycles. The number of aromatic nitrogens is 2. The van der Waals surface area contributed by atoms with Crippen LogP contribution in [0.3, 0.4) is 0 Å². The van der Waals surface area contributed by atoms with Crippen molar-refractivity contribution in [2.45, 2.75) is 51.6 Å². The lowest BCUT2D eigenvalue weighted by atomic mass is 9.94. The summed E-state index contributed by atoms with van der Waals surface area (Å²) in [4.78, 5) is 22.5. The van der Waals surface area contributed by atoms with Gasteiger partial charge in [-0.2, -0.15) is 0 Å². The maximum absolute atomic E-state index is 12.5. The van der Waals surface area contributed by atoms with Crippen molar-refractivity contribution in [1.29, 1.82) is 0 Å². The third-order valence-electron chi connectivity index (χ3n) is 3.62. The van der Waals surface area contributed by atoms with Gasteiger partial charge in [-0.3, -0.25) is 4.79 Å². The van der Waals surface area contributed by atoms with Gasteiger partial charge in [0.2, 0.25) is 0 Å². The summed E-state index contributed by atoms with van der Waals surface area (Å²) in [5.41, 5.74) is 5.87. The SMILES string of the molecule is CC[C@@H]1CCC[C@H](C)N1C(=O)c1cnc(N)cn1. The zero-order valence-electron chi connectivity index (χ0n) is 11.0. The summed E-state index contributed by atoms with van der Waals surface area (Å²) in [7, 11) is 0. The molecule has 1 fully saturated rings. The monoisotopic (exact) mass is 248 g/mol. The lowest BCUT2D eigenvalue weighted by Gasteiger charge is -2.40. The molecule has 1 aromatic rings. The fraction of sp³-hybridized carbons (Fsp3) is 0.615. The zero-order valence-corrected chi connectivity index (χ0v) is 11.0. The van der Waals surface area contributed by atoms with Crippen LogP contribution in [-0.2, 0) is 0 Å². The number of amides is 1. The normalized spacial score (nSPS) is 24.0. The number of piperidine rings is 1. The molecule has 0 radical (unpaired) electrons. The Morgan fingerprint density at radius 1 is 1.44 bits per heavy atom. The third kappa shape index (κ3) is 2.44. The van der Waals surface area contributed by atoms with Crippen molar-refractivity contribution in [3.8, 4) is 0 Å².